The van der Waals surface area contributed by atoms with E-state index in [1.807, 2.05) is 0 Å². The van der Waals surface area contributed by atoms with E-state index in [9.17, 15) is 43.9 Å². The lowest BCUT2D eigenvalue weighted by Gasteiger charge is -2.56. The minimum Gasteiger partial charge on any atom is -0.475 e. The predicted molar refractivity (Wildman–Crippen MR) is 140 cm³/mol. The van der Waals surface area contributed by atoms with Crippen LogP contribution in [0.3, 0.4) is 0 Å². The van der Waals surface area contributed by atoms with Gasteiger partial charge in [-0.3, -0.25) is 4.68 Å². The summed E-state index contributed by atoms with van der Waals surface area (Å²) in [6.07, 6.45) is -11.9. The van der Waals surface area contributed by atoms with Crippen molar-refractivity contribution in [1.29, 1.82) is 0 Å². The summed E-state index contributed by atoms with van der Waals surface area (Å²) in [5, 5.41) is 21.2. The molecule has 2 aliphatic heterocycles. The van der Waals surface area contributed by atoms with Gasteiger partial charge in [0, 0.05) is 43.2 Å². The summed E-state index contributed by atoms with van der Waals surface area (Å²) >= 11 is 0. The van der Waals surface area contributed by atoms with E-state index in [-0.39, 0.29) is 22.4 Å². The monoisotopic (exact) mass is 690 g/mol. The average molecular weight is 690 g/mol. The summed E-state index contributed by atoms with van der Waals surface area (Å²) in [7, 11) is 0. The van der Waals surface area contributed by atoms with E-state index in [4.69, 9.17) is 24.5 Å². The van der Waals surface area contributed by atoms with Gasteiger partial charge >= 0.3 is 30.5 Å². The number of aromatic nitrogens is 4. The molecule has 3 N–H and O–H groups in total. The number of hydrogen-bond donors (Lipinski definition) is 3. The fourth-order valence-electron chi connectivity index (χ4n) is 4.27. The molecule has 11 nitrogen and oxygen atoms in total. The van der Waals surface area contributed by atoms with Crippen molar-refractivity contribution in [3.8, 4) is 22.8 Å². The lowest BCUT2D eigenvalue weighted by molar-refractivity contribution is -0.193. The first-order chi connectivity index (χ1) is 21.5. The summed E-state index contributed by atoms with van der Waals surface area (Å²) in [5.41, 5.74) is -0.537. The van der Waals surface area contributed by atoms with Crippen LogP contribution in [0.5, 0.6) is 11.5 Å². The molecule has 258 valence electrons. The van der Waals surface area contributed by atoms with Crippen LogP contribution in [-0.2, 0) is 15.8 Å². The van der Waals surface area contributed by atoms with E-state index in [0.717, 1.165) is 38.3 Å². The number of ether oxygens (including phenoxy) is 1. The zero-order chi connectivity index (χ0) is 35.5. The Kier molecular flexibility index (Phi) is 10.6. The molecule has 5 rings (SSSR count). The summed E-state index contributed by atoms with van der Waals surface area (Å²) in [5.74, 6) is -5.00. The minimum atomic E-state index is -5.08. The van der Waals surface area contributed by atoms with Crippen LogP contribution in [0.1, 0.15) is 25.6 Å². The number of carboxylic acids is 2. The Morgan fingerprint density at radius 3 is 1.94 bits per heavy atom. The van der Waals surface area contributed by atoms with Gasteiger partial charge in [0.25, 0.3) is 0 Å². The molecule has 0 amide bonds. The van der Waals surface area contributed by atoms with Crippen LogP contribution in [0.2, 0.25) is 0 Å². The molecule has 1 aromatic carbocycles. The maximum atomic E-state index is 14.2. The maximum Gasteiger partial charge on any atom is 0.490 e. The molecule has 47 heavy (non-hydrogen) atoms. The molecule has 21 heteroatoms. The number of aliphatic carboxylic acids is 2. The number of benzene rings is 1. The van der Waals surface area contributed by atoms with Crippen LogP contribution in [0.25, 0.3) is 11.3 Å². The molecule has 0 unspecified atom stereocenters. The maximum absolute atomic E-state index is 14.2. The Morgan fingerprint density at radius 1 is 0.936 bits per heavy atom. The van der Waals surface area contributed by atoms with E-state index < -0.39 is 48.0 Å². The van der Waals surface area contributed by atoms with Gasteiger partial charge in [0.05, 0.1) is 11.9 Å². The summed E-state index contributed by atoms with van der Waals surface area (Å²) in [6, 6.07) is 4.25. The van der Waals surface area contributed by atoms with Crippen molar-refractivity contribution >= 4 is 17.8 Å². The Morgan fingerprint density at radius 2 is 1.49 bits per heavy atom. The largest absolute Gasteiger partial charge is 0.490 e. The number of rotatable bonds is 5. The van der Waals surface area contributed by atoms with Gasteiger partial charge < -0.3 is 25.2 Å². The number of alkyl halides is 9. The first-order valence-corrected chi connectivity index (χ1v) is 13.0. The van der Waals surface area contributed by atoms with Gasteiger partial charge in [-0.25, -0.2) is 23.9 Å². The Bertz CT molecular complexity index is 1550. The van der Waals surface area contributed by atoms with Gasteiger partial charge in [-0.05, 0) is 38.1 Å². The van der Waals surface area contributed by atoms with Crippen molar-refractivity contribution in [2.75, 3.05) is 31.1 Å². The lowest BCUT2D eigenvalue weighted by Crippen LogP contribution is -2.71. The summed E-state index contributed by atoms with van der Waals surface area (Å²) in [6.45, 7) is 6.95. The van der Waals surface area contributed by atoms with Gasteiger partial charge in [-0.15, -0.1) is 0 Å². The molecule has 3 aromatic rings. The molecule has 0 bridgehead atoms. The van der Waals surface area contributed by atoms with Gasteiger partial charge in [-0.1, -0.05) is 0 Å². The van der Waals surface area contributed by atoms with Crippen molar-refractivity contribution in [1.82, 2.24) is 25.1 Å². The lowest BCUT2D eigenvalue weighted by atomic mass is 9.74. The Labute approximate surface area is 257 Å². The van der Waals surface area contributed by atoms with Crippen LogP contribution in [-0.4, -0.2) is 80.4 Å². The van der Waals surface area contributed by atoms with E-state index in [0.29, 0.717) is 11.6 Å². The molecule has 0 saturated carbocycles. The van der Waals surface area contributed by atoms with Crippen LogP contribution in [0.4, 0.5) is 49.7 Å². The average Bonchev–Trinajstić information content (AvgIpc) is 3.35. The number of nitrogens with one attached hydrogen (secondary N) is 1. The highest BCUT2D eigenvalue weighted by Crippen LogP contribution is 2.43. The quantitative estimate of drug-likeness (QED) is 0.292. The number of nitrogens with zero attached hydrogens (tertiary/aromatic N) is 5. The van der Waals surface area contributed by atoms with Gasteiger partial charge in [0.15, 0.2) is 17.3 Å². The third-order valence-corrected chi connectivity index (χ3v) is 6.45. The molecule has 2 aromatic heterocycles. The highest BCUT2D eigenvalue weighted by Gasteiger charge is 2.48. The second-order valence-electron chi connectivity index (χ2n) is 10.5. The van der Waals surface area contributed by atoms with Gasteiger partial charge in [0.2, 0.25) is 0 Å². The molecule has 4 heterocycles. The predicted octanol–water partition coefficient (Wildman–Crippen LogP) is 5.55. The van der Waals surface area contributed by atoms with Crippen molar-refractivity contribution in [3.05, 3.63) is 48.3 Å². The molecule has 0 radical (unpaired) electrons. The number of carbonyl (C=O) groups is 2. The van der Waals surface area contributed by atoms with Crippen molar-refractivity contribution in [3.63, 3.8) is 0 Å². The number of carboxylic acid groups (broad SMARTS) is 2. The number of halogens is 10. The second-order valence-corrected chi connectivity index (χ2v) is 10.5. The molecule has 2 fully saturated rings. The molecule has 1 spiro atoms. The van der Waals surface area contributed by atoms with Crippen LogP contribution < -0.4 is 15.0 Å². The zero-order valence-electron chi connectivity index (χ0n) is 24.0. The van der Waals surface area contributed by atoms with Crippen LogP contribution in [0.15, 0.2) is 36.8 Å². The zero-order valence-corrected chi connectivity index (χ0v) is 24.0. The third-order valence-electron chi connectivity index (χ3n) is 6.45. The van der Waals surface area contributed by atoms with Crippen molar-refractivity contribution in [2.24, 2.45) is 5.41 Å². The van der Waals surface area contributed by atoms with E-state index in [2.05, 4.69) is 25.3 Å². The molecular formula is C26H24F10N6O5. The summed E-state index contributed by atoms with van der Waals surface area (Å²) in [4.78, 5) is 28.3. The van der Waals surface area contributed by atoms with Crippen LogP contribution in [0, 0.1) is 11.2 Å². The van der Waals surface area contributed by atoms with Crippen molar-refractivity contribution < 1.29 is 68.4 Å². The molecule has 2 aliphatic rings. The standard InChI is InChI=1S/C22H22F4N6O.2C2HF3O2/c1-13(2)32-16(6-19(30-32)22(24,25)26)15-5-14(23)3-4-17(15)33-18-7-27-12-29-20(18)31-10-21(11-31)8-28-9-21;2*3-2(4,5)1(6)7/h3-7,12-13,28H,8-11H2,1-2H3;2*(H,6,7). The SMILES string of the molecule is CC(C)n1nc(C(F)(F)F)cc1-c1cc(F)ccc1Oc1cncnc1N1CC2(CNC2)C1.O=C(O)C(F)(F)F.O=C(O)C(F)(F)F. The van der Waals surface area contributed by atoms with Crippen molar-refractivity contribution in [2.45, 2.75) is 38.4 Å². The van der Waals surface area contributed by atoms with E-state index in [1.165, 1.54) is 29.3 Å². The minimum absolute atomic E-state index is 0.105. The Hall–Kier alpha value is -4.69. The third kappa shape index (κ3) is 9.20. The second kappa shape index (κ2) is 13.6. The normalized spacial score (nSPS) is 15.5. The molecule has 0 aliphatic carbocycles. The first kappa shape index (κ1) is 36.8. The number of hydrogen-bond acceptors (Lipinski definition) is 8. The van der Waals surface area contributed by atoms with Gasteiger partial charge in [0.1, 0.15) is 17.9 Å². The fraction of sp³-hybridized carbons (Fsp3) is 0.423. The highest BCUT2D eigenvalue weighted by atomic mass is 19.4. The summed E-state index contributed by atoms with van der Waals surface area (Å²) < 4.78 is 125. The molecular weight excluding hydrogens is 666 g/mol. The van der Waals surface area contributed by atoms with E-state index in [1.54, 1.807) is 13.8 Å². The van der Waals surface area contributed by atoms with E-state index >= 15 is 0 Å². The number of anilines is 1. The molecule has 0 atom stereocenters. The smallest absolute Gasteiger partial charge is 0.475 e. The molecule has 2 saturated heterocycles. The van der Waals surface area contributed by atoms with Gasteiger partial charge in [-0.2, -0.15) is 44.6 Å². The topological polar surface area (TPSA) is 143 Å². The first-order valence-electron chi connectivity index (χ1n) is 13.0. The van der Waals surface area contributed by atoms with Crippen LogP contribution >= 0.6 is 0 Å². The fourth-order valence-corrected chi connectivity index (χ4v) is 4.27. The Balaban J connectivity index is 0.000000360. The highest BCUT2D eigenvalue weighted by molar-refractivity contribution is 5.73.